The largest absolute Gasteiger partial charge is 0.507 e. The van der Waals surface area contributed by atoms with Gasteiger partial charge in [0.25, 0.3) is 0 Å². The molecule has 0 spiro atoms. The lowest BCUT2D eigenvalue weighted by atomic mass is 10.2. The Hall–Kier alpha value is -2.89. The van der Waals surface area contributed by atoms with Gasteiger partial charge in [-0.1, -0.05) is 11.8 Å². The summed E-state index contributed by atoms with van der Waals surface area (Å²) in [5.74, 6) is 0.396. The summed E-state index contributed by atoms with van der Waals surface area (Å²) in [5.41, 5.74) is 1.27. The number of methoxy groups -OCH3 is 2. The van der Waals surface area contributed by atoms with Crippen molar-refractivity contribution in [2.75, 3.05) is 14.2 Å². The molecule has 3 aromatic rings. The first kappa shape index (κ1) is 19.4. The molecule has 0 saturated heterocycles. The van der Waals surface area contributed by atoms with Gasteiger partial charge >= 0.3 is 12.2 Å². The number of nitrogens with one attached hydrogen (secondary N) is 1. The number of aromatic amines is 1. The van der Waals surface area contributed by atoms with E-state index in [0.717, 1.165) is 12.1 Å². The van der Waals surface area contributed by atoms with Crippen molar-refractivity contribution >= 4 is 22.8 Å². The van der Waals surface area contributed by atoms with Gasteiger partial charge in [0.05, 0.1) is 37.1 Å². The van der Waals surface area contributed by atoms with Crippen LogP contribution in [0, 0.1) is 0 Å². The van der Waals surface area contributed by atoms with Gasteiger partial charge in [-0.3, -0.25) is 4.98 Å². The van der Waals surface area contributed by atoms with E-state index in [1.165, 1.54) is 32.2 Å². The molecule has 7 nitrogen and oxygen atoms in total. The van der Waals surface area contributed by atoms with Gasteiger partial charge in [0, 0.05) is 24.0 Å². The minimum Gasteiger partial charge on any atom is -0.493 e. The maximum Gasteiger partial charge on any atom is 0.507 e. The Labute approximate surface area is 165 Å². The fraction of sp³-hybridized carbons (Fsp3) is 0.294. The number of benzene rings is 1. The number of H-pyrrole nitrogens is 1. The smallest absolute Gasteiger partial charge is 0.493 e. The number of hydrogen-bond donors (Lipinski definition) is 1. The van der Waals surface area contributed by atoms with Gasteiger partial charge in [-0.2, -0.15) is 17.6 Å². The molecule has 29 heavy (non-hydrogen) atoms. The first-order valence-corrected chi connectivity index (χ1v) is 9.08. The molecule has 154 valence electrons. The molecule has 0 saturated carbocycles. The van der Waals surface area contributed by atoms with Crippen LogP contribution in [0.2, 0.25) is 0 Å². The molecule has 0 fully saturated rings. The number of rotatable bonds is 5. The van der Waals surface area contributed by atoms with Crippen molar-refractivity contribution in [1.82, 2.24) is 15.0 Å². The standard InChI is InChI=1S/C17H13F4N3O4S/c1-25-11-3-8(22-6-14(11)26-2)7-29-15-23-9-4-12-13(5-10(9)24-15)28-17(20,21)16(18,19)27-12/h3-6H,7H2,1-2H3,(H,23,24). The van der Waals surface area contributed by atoms with Gasteiger partial charge in [0.1, 0.15) is 0 Å². The minimum atomic E-state index is -4.78. The number of ether oxygens (including phenoxy) is 4. The Balaban J connectivity index is 1.56. The van der Waals surface area contributed by atoms with Crippen LogP contribution in [0.4, 0.5) is 17.6 Å². The molecule has 1 aliphatic heterocycles. The Kier molecular flexibility index (Phi) is 4.60. The molecule has 2 aromatic heterocycles. The third kappa shape index (κ3) is 3.48. The first-order valence-electron chi connectivity index (χ1n) is 8.09. The molecule has 0 amide bonds. The van der Waals surface area contributed by atoms with Crippen molar-refractivity contribution in [2.24, 2.45) is 0 Å². The average molecular weight is 431 g/mol. The summed E-state index contributed by atoms with van der Waals surface area (Å²) in [6, 6.07) is 3.96. The summed E-state index contributed by atoms with van der Waals surface area (Å²) in [6.45, 7) is 0. The monoisotopic (exact) mass is 431 g/mol. The summed E-state index contributed by atoms with van der Waals surface area (Å²) in [4.78, 5) is 11.4. The molecule has 3 heterocycles. The van der Waals surface area contributed by atoms with E-state index in [1.807, 2.05) is 0 Å². The molecule has 1 aromatic carbocycles. The van der Waals surface area contributed by atoms with Crippen LogP contribution in [0.15, 0.2) is 29.6 Å². The molecule has 0 unspecified atom stereocenters. The summed E-state index contributed by atoms with van der Waals surface area (Å²) >= 11 is 1.27. The zero-order valence-electron chi connectivity index (χ0n) is 15.0. The number of aromatic nitrogens is 3. The number of hydrogen-bond acceptors (Lipinski definition) is 7. The van der Waals surface area contributed by atoms with Gasteiger partial charge in [0.15, 0.2) is 28.2 Å². The number of imidazole rings is 1. The van der Waals surface area contributed by atoms with E-state index in [4.69, 9.17) is 9.47 Å². The molecule has 0 bridgehead atoms. The van der Waals surface area contributed by atoms with Crippen LogP contribution in [0.3, 0.4) is 0 Å². The van der Waals surface area contributed by atoms with Gasteiger partial charge in [-0.05, 0) is 0 Å². The minimum absolute atomic E-state index is 0.260. The highest BCUT2D eigenvalue weighted by Gasteiger charge is 2.66. The van der Waals surface area contributed by atoms with Crippen molar-refractivity contribution < 1.29 is 36.5 Å². The predicted molar refractivity (Wildman–Crippen MR) is 94.1 cm³/mol. The third-order valence-corrected chi connectivity index (χ3v) is 4.93. The maximum absolute atomic E-state index is 13.3. The highest BCUT2D eigenvalue weighted by atomic mass is 32.2. The Morgan fingerprint density at radius 1 is 1.00 bits per heavy atom. The second kappa shape index (κ2) is 6.87. The summed E-state index contributed by atoms with van der Waals surface area (Å²) < 4.78 is 71.9. The summed E-state index contributed by atoms with van der Waals surface area (Å²) in [7, 11) is 3.01. The Morgan fingerprint density at radius 3 is 2.31 bits per heavy atom. The van der Waals surface area contributed by atoms with Crippen LogP contribution in [-0.2, 0) is 5.75 Å². The molecule has 0 radical (unpaired) electrons. The van der Waals surface area contributed by atoms with Crippen LogP contribution in [0.1, 0.15) is 5.69 Å². The Bertz CT molecular complexity index is 1020. The van der Waals surface area contributed by atoms with Crippen LogP contribution in [0.5, 0.6) is 23.0 Å². The van der Waals surface area contributed by atoms with Gasteiger partial charge in [-0.25, -0.2) is 4.98 Å². The molecule has 0 atom stereocenters. The third-order valence-electron chi connectivity index (χ3n) is 4.03. The number of halogens is 4. The van der Waals surface area contributed by atoms with Crippen LogP contribution >= 0.6 is 11.8 Å². The number of thioether (sulfide) groups is 1. The molecule has 1 N–H and O–H groups in total. The SMILES string of the molecule is COc1cnc(CSc2nc3cc4c(cc3[nH]2)OC(F)(F)C(F)(F)O4)cc1OC. The molecule has 4 rings (SSSR count). The van der Waals surface area contributed by atoms with E-state index >= 15 is 0 Å². The maximum atomic E-state index is 13.3. The Morgan fingerprint density at radius 2 is 1.66 bits per heavy atom. The second-order valence-corrected chi connectivity index (χ2v) is 6.88. The number of fused-ring (bicyclic) bond motifs is 2. The summed E-state index contributed by atoms with van der Waals surface area (Å²) in [5, 5.41) is 0.428. The van der Waals surface area contributed by atoms with Crippen LogP contribution in [-0.4, -0.2) is 41.4 Å². The fourth-order valence-corrected chi connectivity index (χ4v) is 3.40. The lowest BCUT2D eigenvalue weighted by Gasteiger charge is -2.31. The zero-order chi connectivity index (χ0) is 20.8. The van der Waals surface area contributed by atoms with E-state index in [9.17, 15) is 17.6 Å². The van der Waals surface area contributed by atoms with Gasteiger partial charge in [0.2, 0.25) is 0 Å². The second-order valence-electron chi connectivity index (χ2n) is 5.92. The van der Waals surface area contributed by atoms with E-state index in [1.54, 1.807) is 6.07 Å². The van der Waals surface area contributed by atoms with Gasteiger partial charge < -0.3 is 23.9 Å². The highest BCUT2D eigenvalue weighted by Crippen LogP contribution is 2.48. The van der Waals surface area contributed by atoms with Crippen molar-refractivity contribution in [1.29, 1.82) is 0 Å². The molecule has 1 aliphatic rings. The van der Waals surface area contributed by atoms with Crippen molar-refractivity contribution in [3.8, 4) is 23.0 Å². The van der Waals surface area contributed by atoms with Crippen LogP contribution < -0.4 is 18.9 Å². The lowest BCUT2D eigenvalue weighted by Crippen LogP contribution is -2.52. The predicted octanol–water partition coefficient (Wildman–Crippen LogP) is 4.22. The summed E-state index contributed by atoms with van der Waals surface area (Å²) in [6.07, 6.45) is -8.03. The molecule has 12 heteroatoms. The molecular weight excluding hydrogens is 418 g/mol. The van der Waals surface area contributed by atoms with Crippen molar-refractivity contribution in [3.05, 3.63) is 30.1 Å². The first-order chi connectivity index (χ1) is 13.7. The van der Waals surface area contributed by atoms with E-state index in [-0.39, 0.29) is 5.52 Å². The number of nitrogens with zero attached hydrogens (tertiary/aromatic N) is 2. The highest BCUT2D eigenvalue weighted by molar-refractivity contribution is 7.98. The molecular formula is C17H13F4N3O4S. The zero-order valence-corrected chi connectivity index (χ0v) is 15.8. The lowest BCUT2D eigenvalue weighted by molar-refractivity contribution is -0.391. The fourth-order valence-electron chi connectivity index (χ4n) is 2.62. The molecule has 0 aliphatic carbocycles. The van der Waals surface area contributed by atoms with E-state index in [2.05, 4.69) is 24.4 Å². The van der Waals surface area contributed by atoms with Gasteiger partial charge in [-0.15, -0.1) is 0 Å². The quantitative estimate of drug-likeness (QED) is 0.479. The van der Waals surface area contributed by atoms with Crippen molar-refractivity contribution in [2.45, 2.75) is 23.1 Å². The normalized spacial score (nSPS) is 16.6. The topological polar surface area (TPSA) is 78.5 Å². The van der Waals surface area contributed by atoms with E-state index in [0.29, 0.717) is 33.6 Å². The van der Waals surface area contributed by atoms with Crippen LogP contribution in [0.25, 0.3) is 11.0 Å². The average Bonchev–Trinajstić information content (AvgIpc) is 3.06. The van der Waals surface area contributed by atoms with E-state index < -0.39 is 23.7 Å². The van der Waals surface area contributed by atoms with Crippen molar-refractivity contribution in [3.63, 3.8) is 0 Å². The number of alkyl halides is 4. The number of pyridine rings is 1.